The third kappa shape index (κ3) is 6.02. The average molecular weight is 454 g/mol. The molecule has 0 aliphatic heterocycles. The van der Waals surface area contributed by atoms with E-state index < -0.39 is 23.9 Å². The van der Waals surface area contributed by atoms with Gasteiger partial charge in [0.1, 0.15) is 17.6 Å². The fraction of sp³-hybridized carbons (Fsp3) is 0.269. The second-order valence-electron chi connectivity index (χ2n) is 7.52. The summed E-state index contributed by atoms with van der Waals surface area (Å²) in [5.74, 6) is 0.208. The number of phenols is 1. The summed E-state index contributed by atoms with van der Waals surface area (Å²) in [4.78, 5) is 12.6. The Balaban J connectivity index is 1.92. The smallest absolute Gasteiger partial charge is 0.327 e. The summed E-state index contributed by atoms with van der Waals surface area (Å²) < 4.78 is 29.8. The van der Waals surface area contributed by atoms with Crippen molar-refractivity contribution >= 4 is 5.97 Å². The predicted molar refractivity (Wildman–Crippen MR) is 123 cm³/mol. The zero-order valence-corrected chi connectivity index (χ0v) is 18.9. The molecule has 0 aromatic heterocycles. The SMILES string of the molecule is COC(=O)C(NC(CCc1ccc(OC)c(OC)c1)c1cc(F)ccc1O)c1ccccc1. The van der Waals surface area contributed by atoms with E-state index in [9.17, 15) is 14.3 Å². The molecular formula is C26H28FNO5. The van der Waals surface area contributed by atoms with Gasteiger partial charge >= 0.3 is 5.97 Å². The minimum Gasteiger partial charge on any atom is -0.508 e. The predicted octanol–water partition coefficient (Wildman–Crippen LogP) is 4.73. The van der Waals surface area contributed by atoms with Crippen LogP contribution in [0, 0.1) is 5.82 Å². The lowest BCUT2D eigenvalue weighted by molar-refractivity contribution is -0.143. The first kappa shape index (κ1) is 24.1. The maximum atomic E-state index is 14.1. The van der Waals surface area contributed by atoms with Crippen LogP contribution in [0.4, 0.5) is 4.39 Å². The average Bonchev–Trinajstić information content (AvgIpc) is 2.85. The van der Waals surface area contributed by atoms with Crippen LogP contribution >= 0.6 is 0 Å². The van der Waals surface area contributed by atoms with Crippen molar-refractivity contribution in [3.8, 4) is 17.2 Å². The number of halogens is 1. The topological polar surface area (TPSA) is 77.0 Å². The molecule has 2 atom stereocenters. The Morgan fingerprint density at radius 3 is 2.36 bits per heavy atom. The quantitative estimate of drug-likeness (QED) is 0.433. The lowest BCUT2D eigenvalue weighted by atomic mass is 9.95. The number of carbonyl (C=O) groups excluding carboxylic acids is 1. The van der Waals surface area contributed by atoms with Crippen molar-refractivity contribution in [3.63, 3.8) is 0 Å². The van der Waals surface area contributed by atoms with Crippen LogP contribution in [0.25, 0.3) is 0 Å². The van der Waals surface area contributed by atoms with Crippen LogP contribution in [0.2, 0.25) is 0 Å². The Morgan fingerprint density at radius 1 is 0.970 bits per heavy atom. The van der Waals surface area contributed by atoms with E-state index in [0.29, 0.717) is 35.5 Å². The monoisotopic (exact) mass is 453 g/mol. The van der Waals surface area contributed by atoms with E-state index in [-0.39, 0.29) is 5.75 Å². The Hall–Kier alpha value is -3.58. The number of aromatic hydroxyl groups is 1. The Kier molecular flexibility index (Phi) is 8.27. The molecule has 0 heterocycles. The Bertz CT molecular complexity index is 1070. The van der Waals surface area contributed by atoms with Crippen LogP contribution in [-0.4, -0.2) is 32.4 Å². The van der Waals surface area contributed by atoms with Crippen molar-refractivity contribution in [1.82, 2.24) is 5.32 Å². The summed E-state index contributed by atoms with van der Waals surface area (Å²) in [6.07, 6.45) is 1.03. The first-order valence-electron chi connectivity index (χ1n) is 10.5. The number of esters is 1. The molecular weight excluding hydrogens is 425 g/mol. The summed E-state index contributed by atoms with van der Waals surface area (Å²) in [7, 11) is 4.45. The molecule has 2 N–H and O–H groups in total. The zero-order chi connectivity index (χ0) is 23.8. The molecule has 0 bridgehead atoms. The lowest BCUT2D eigenvalue weighted by Crippen LogP contribution is -2.33. The van der Waals surface area contributed by atoms with E-state index >= 15 is 0 Å². The third-order valence-corrected chi connectivity index (χ3v) is 5.47. The molecule has 3 aromatic carbocycles. The summed E-state index contributed by atoms with van der Waals surface area (Å²) in [6, 6.07) is 17.2. The number of rotatable bonds is 10. The lowest BCUT2D eigenvalue weighted by Gasteiger charge is -2.26. The number of aryl methyl sites for hydroxylation is 1. The van der Waals surface area contributed by atoms with Crippen LogP contribution in [0.1, 0.15) is 35.2 Å². The molecule has 0 spiro atoms. The van der Waals surface area contributed by atoms with Gasteiger partial charge in [0.25, 0.3) is 0 Å². The third-order valence-electron chi connectivity index (χ3n) is 5.47. The molecule has 6 nitrogen and oxygen atoms in total. The molecule has 174 valence electrons. The Labute approximate surface area is 192 Å². The molecule has 2 unspecified atom stereocenters. The van der Waals surface area contributed by atoms with Crippen molar-refractivity contribution in [3.05, 3.63) is 89.2 Å². The van der Waals surface area contributed by atoms with Gasteiger partial charge in [-0.05, 0) is 54.3 Å². The number of carbonyl (C=O) groups is 1. The number of nitrogens with one attached hydrogen (secondary N) is 1. The van der Waals surface area contributed by atoms with Gasteiger partial charge < -0.3 is 19.3 Å². The fourth-order valence-corrected chi connectivity index (χ4v) is 3.75. The summed E-state index contributed by atoms with van der Waals surface area (Å²) >= 11 is 0. The van der Waals surface area contributed by atoms with Gasteiger partial charge in [0.15, 0.2) is 11.5 Å². The number of phenolic OH excluding ortho intramolecular Hbond substituents is 1. The van der Waals surface area contributed by atoms with Crippen molar-refractivity contribution < 1.29 is 28.5 Å². The van der Waals surface area contributed by atoms with E-state index in [0.717, 1.165) is 5.56 Å². The highest BCUT2D eigenvalue weighted by Crippen LogP contribution is 2.33. The van der Waals surface area contributed by atoms with E-state index in [4.69, 9.17) is 14.2 Å². The van der Waals surface area contributed by atoms with Gasteiger partial charge in [0.05, 0.1) is 21.3 Å². The molecule has 0 amide bonds. The van der Waals surface area contributed by atoms with E-state index in [1.807, 2.05) is 48.5 Å². The normalized spacial score (nSPS) is 12.6. The molecule has 3 rings (SSSR count). The largest absolute Gasteiger partial charge is 0.508 e. The molecule has 0 aliphatic rings. The van der Waals surface area contributed by atoms with Crippen LogP contribution in [0.3, 0.4) is 0 Å². The molecule has 0 fully saturated rings. The van der Waals surface area contributed by atoms with E-state index in [2.05, 4.69) is 5.32 Å². The standard InChI is InChI=1S/C26H28FNO5/c1-31-23-14-10-17(15-24(23)32-2)9-12-21(20-16-19(27)11-13-22(20)29)28-25(26(30)33-3)18-7-5-4-6-8-18/h4-8,10-11,13-16,21,25,28-29H,9,12H2,1-3H3. The van der Waals surface area contributed by atoms with Crippen molar-refractivity contribution in [1.29, 1.82) is 0 Å². The maximum absolute atomic E-state index is 14.1. The highest BCUT2D eigenvalue weighted by atomic mass is 19.1. The summed E-state index contributed by atoms with van der Waals surface area (Å²) in [5, 5.41) is 13.7. The molecule has 33 heavy (non-hydrogen) atoms. The van der Waals surface area contributed by atoms with Crippen molar-refractivity contribution in [2.45, 2.75) is 24.9 Å². The van der Waals surface area contributed by atoms with Gasteiger partial charge in [-0.1, -0.05) is 36.4 Å². The van der Waals surface area contributed by atoms with Gasteiger partial charge in [-0.25, -0.2) is 9.18 Å². The summed E-state index contributed by atoms with van der Waals surface area (Å²) in [6.45, 7) is 0. The molecule has 0 aliphatic carbocycles. The second kappa shape index (κ2) is 11.3. The van der Waals surface area contributed by atoms with E-state index in [1.54, 1.807) is 14.2 Å². The number of ether oxygens (including phenoxy) is 3. The van der Waals surface area contributed by atoms with Crippen LogP contribution in [0.5, 0.6) is 17.2 Å². The first-order valence-corrected chi connectivity index (χ1v) is 10.5. The molecule has 3 aromatic rings. The molecule has 0 saturated carbocycles. The minimum absolute atomic E-state index is 0.0575. The zero-order valence-electron chi connectivity index (χ0n) is 18.9. The fourth-order valence-electron chi connectivity index (χ4n) is 3.75. The highest BCUT2D eigenvalue weighted by molar-refractivity contribution is 5.77. The number of benzene rings is 3. The first-order chi connectivity index (χ1) is 16.0. The molecule has 0 saturated heterocycles. The number of methoxy groups -OCH3 is 3. The number of hydrogen-bond acceptors (Lipinski definition) is 6. The van der Waals surface area contributed by atoms with Crippen molar-refractivity contribution in [2.75, 3.05) is 21.3 Å². The van der Waals surface area contributed by atoms with Crippen LogP contribution in [0.15, 0.2) is 66.7 Å². The number of hydrogen-bond donors (Lipinski definition) is 2. The minimum atomic E-state index is -0.797. The Morgan fingerprint density at radius 2 is 1.70 bits per heavy atom. The molecule has 7 heteroatoms. The van der Waals surface area contributed by atoms with Gasteiger partial charge in [-0.2, -0.15) is 0 Å². The van der Waals surface area contributed by atoms with Gasteiger partial charge in [-0.3, -0.25) is 5.32 Å². The molecule has 0 radical (unpaired) electrons. The second-order valence-corrected chi connectivity index (χ2v) is 7.52. The van der Waals surface area contributed by atoms with Crippen molar-refractivity contribution in [2.24, 2.45) is 0 Å². The van der Waals surface area contributed by atoms with Crippen LogP contribution in [-0.2, 0) is 16.0 Å². The van der Waals surface area contributed by atoms with Gasteiger partial charge in [0, 0.05) is 11.6 Å². The van der Waals surface area contributed by atoms with Gasteiger partial charge in [0.2, 0.25) is 0 Å². The van der Waals surface area contributed by atoms with Crippen LogP contribution < -0.4 is 14.8 Å². The van der Waals surface area contributed by atoms with E-state index in [1.165, 1.54) is 25.3 Å². The maximum Gasteiger partial charge on any atom is 0.327 e. The summed E-state index contributed by atoms with van der Waals surface area (Å²) in [5.41, 5.74) is 2.03. The highest BCUT2D eigenvalue weighted by Gasteiger charge is 2.27. The van der Waals surface area contributed by atoms with Gasteiger partial charge in [-0.15, -0.1) is 0 Å².